The number of carbonyl (C=O) groups is 1. The van der Waals surface area contributed by atoms with Gasteiger partial charge in [-0.25, -0.2) is 0 Å². The third kappa shape index (κ3) is 3.40. The molecule has 0 spiro atoms. The van der Waals surface area contributed by atoms with Crippen LogP contribution in [0.15, 0.2) is 66.7 Å². The lowest BCUT2D eigenvalue weighted by atomic mass is 9.86. The summed E-state index contributed by atoms with van der Waals surface area (Å²) in [7, 11) is 4.86. The predicted molar refractivity (Wildman–Crippen MR) is 112 cm³/mol. The first-order valence-electron chi connectivity index (χ1n) is 9.42. The fourth-order valence-electron chi connectivity index (χ4n) is 3.87. The molecule has 1 atom stereocenters. The first-order valence-corrected chi connectivity index (χ1v) is 9.42. The van der Waals surface area contributed by atoms with Gasteiger partial charge in [0.2, 0.25) is 5.91 Å². The van der Waals surface area contributed by atoms with Crippen LogP contribution in [0, 0.1) is 0 Å². The molecule has 0 radical (unpaired) electrons. The molecular weight excluding hydrogens is 366 g/mol. The van der Waals surface area contributed by atoms with Crippen molar-refractivity contribution in [3.05, 3.63) is 83.4 Å². The molecule has 0 saturated carbocycles. The molecule has 5 heteroatoms. The van der Waals surface area contributed by atoms with Crippen molar-refractivity contribution in [3.8, 4) is 17.2 Å². The molecule has 5 nitrogen and oxygen atoms in total. The molecule has 0 N–H and O–H groups in total. The molecule has 3 aromatic carbocycles. The lowest BCUT2D eigenvalue weighted by molar-refractivity contribution is -0.118. The number of hydrogen-bond donors (Lipinski definition) is 0. The normalized spacial score (nSPS) is 15.6. The van der Waals surface area contributed by atoms with Gasteiger partial charge in [0.1, 0.15) is 5.75 Å². The highest BCUT2D eigenvalue weighted by atomic mass is 16.5. The SMILES string of the molecule is COc1ccc(C2c3cc(OC)c(OC)cc3CC(=O)N2c2ccccc2)cc1. The van der Waals surface area contributed by atoms with Gasteiger partial charge in [0, 0.05) is 5.69 Å². The van der Waals surface area contributed by atoms with E-state index in [-0.39, 0.29) is 11.9 Å². The van der Waals surface area contributed by atoms with E-state index < -0.39 is 0 Å². The van der Waals surface area contributed by atoms with Crippen molar-refractivity contribution in [2.24, 2.45) is 0 Å². The third-order valence-corrected chi connectivity index (χ3v) is 5.27. The van der Waals surface area contributed by atoms with Crippen molar-refractivity contribution in [1.29, 1.82) is 0 Å². The molecule has 0 fully saturated rings. The number of amides is 1. The van der Waals surface area contributed by atoms with E-state index in [1.165, 1.54) is 0 Å². The van der Waals surface area contributed by atoms with Crippen molar-refractivity contribution in [2.75, 3.05) is 26.2 Å². The van der Waals surface area contributed by atoms with Crippen LogP contribution in [0.4, 0.5) is 5.69 Å². The quantitative estimate of drug-likeness (QED) is 0.649. The summed E-state index contributed by atoms with van der Waals surface area (Å²) in [4.78, 5) is 15.1. The molecule has 0 bridgehead atoms. The molecule has 29 heavy (non-hydrogen) atoms. The van der Waals surface area contributed by atoms with Crippen molar-refractivity contribution in [2.45, 2.75) is 12.5 Å². The second-order valence-corrected chi connectivity index (χ2v) is 6.86. The Morgan fingerprint density at radius 1 is 0.828 bits per heavy atom. The number of methoxy groups -OCH3 is 3. The summed E-state index contributed by atoms with van der Waals surface area (Å²) in [6.45, 7) is 0. The average molecular weight is 389 g/mol. The van der Waals surface area contributed by atoms with Crippen molar-refractivity contribution in [3.63, 3.8) is 0 Å². The number of fused-ring (bicyclic) bond motifs is 1. The Hall–Kier alpha value is -3.47. The van der Waals surface area contributed by atoms with E-state index in [1.54, 1.807) is 21.3 Å². The van der Waals surface area contributed by atoms with E-state index in [0.29, 0.717) is 17.9 Å². The lowest BCUT2D eigenvalue weighted by Gasteiger charge is -2.38. The predicted octanol–water partition coefficient (Wildman–Crippen LogP) is 4.39. The van der Waals surface area contributed by atoms with Crippen molar-refractivity contribution in [1.82, 2.24) is 0 Å². The number of benzene rings is 3. The maximum absolute atomic E-state index is 13.2. The fourth-order valence-corrected chi connectivity index (χ4v) is 3.87. The summed E-state index contributed by atoms with van der Waals surface area (Å²) in [5.74, 6) is 2.08. The van der Waals surface area contributed by atoms with Crippen LogP contribution in [0.3, 0.4) is 0 Å². The molecule has 1 unspecified atom stereocenters. The monoisotopic (exact) mass is 389 g/mol. The van der Waals surface area contributed by atoms with Crippen molar-refractivity contribution >= 4 is 11.6 Å². The van der Waals surface area contributed by atoms with E-state index >= 15 is 0 Å². The molecular formula is C24H23NO4. The van der Waals surface area contributed by atoms with Gasteiger partial charge in [-0.1, -0.05) is 30.3 Å². The van der Waals surface area contributed by atoms with Gasteiger partial charge in [0.05, 0.1) is 33.8 Å². The minimum absolute atomic E-state index is 0.0386. The average Bonchev–Trinajstić information content (AvgIpc) is 2.78. The molecule has 1 heterocycles. The van der Waals surface area contributed by atoms with Gasteiger partial charge in [-0.15, -0.1) is 0 Å². The van der Waals surface area contributed by atoms with Gasteiger partial charge >= 0.3 is 0 Å². The van der Waals surface area contributed by atoms with Crippen LogP contribution in [0.5, 0.6) is 17.2 Å². The van der Waals surface area contributed by atoms with E-state index in [4.69, 9.17) is 14.2 Å². The first kappa shape index (κ1) is 18.9. The van der Waals surface area contributed by atoms with Crippen LogP contribution in [0.25, 0.3) is 0 Å². The zero-order chi connectivity index (χ0) is 20.4. The highest BCUT2D eigenvalue weighted by molar-refractivity contribution is 5.98. The zero-order valence-electron chi connectivity index (χ0n) is 16.7. The second-order valence-electron chi connectivity index (χ2n) is 6.86. The number of anilines is 1. The molecule has 4 rings (SSSR count). The Labute approximate surface area is 170 Å². The molecule has 0 aromatic heterocycles. The highest BCUT2D eigenvalue weighted by Gasteiger charge is 2.35. The number of rotatable bonds is 5. The Bertz CT molecular complexity index is 1020. The van der Waals surface area contributed by atoms with Crippen LogP contribution >= 0.6 is 0 Å². The van der Waals surface area contributed by atoms with Crippen LogP contribution in [-0.2, 0) is 11.2 Å². The second kappa shape index (κ2) is 7.87. The first-order chi connectivity index (χ1) is 14.2. The zero-order valence-corrected chi connectivity index (χ0v) is 16.7. The largest absolute Gasteiger partial charge is 0.497 e. The number of hydrogen-bond acceptors (Lipinski definition) is 4. The molecule has 148 valence electrons. The minimum atomic E-state index is -0.278. The number of nitrogens with zero attached hydrogens (tertiary/aromatic N) is 1. The Morgan fingerprint density at radius 3 is 2.10 bits per heavy atom. The fraction of sp³-hybridized carbons (Fsp3) is 0.208. The van der Waals surface area contributed by atoms with Crippen molar-refractivity contribution < 1.29 is 19.0 Å². The minimum Gasteiger partial charge on any atom is -0.497 e. The van der Waals surface area contributed by atoms with Gasteiger partial charge < -0.3 is 19.1 Å². The van der Waals surface area contributed by atoms with Gasteiger partial charge in [-0.05, 0) is 53.1 Å². The Balaban J connectivity index is 1.92. The van der Waals surface area contributed by atoms with Gasteiger partial charge in [-0.3, -0.25) is 4.79 Å². The maximum Gasteiger partial charge on any atom is 0.232 e. The summed E-state index contributed by atoms with van der Waals surface area (Å²) < 4.78 is 16.3. The van der Waals surface area contributed by atoms with Crippen LogP contribution in [0.2, 0.25) is 0 Å². The lowest BCUT2D eigenvalue weighted by Crippen LogP contribution is -2.41. The molecule has 1 aliphatic heterocycles. The standard InChI is InChI=1S/C24H23NO4/c1-27-19-11-9-16(10-12-19)24-20-15-22(29-3)21(28-2)13-17(20)14-23(26)25(24)18-7-5-4-6-8-18/h4-13,15,24H,14H2,1-3H3. The van der Waals surface area contributed by atoms with Crippen LogP contribution in [-0.4, -0.2) is 27.2 Å². The van der Waals surface area contributed by atoms with E-state index in [0.717, 1.165) is 28.1 Å². The molecule has 1 aliphatic rings. The van der Waals surface area contributed by atoms with E-state index in [1.807, 2.05) is 71.6 Å². The highest BCUT2D eigenvalue weighted by Crippen LogP contribution is 2.43. The molecule has 0 saturated heterocycles. The van der Waals surface area contributed by atoms with E-state index in [9.17, 15) is 4.79 Å². The summed E-state index contributed by atoms with van der Waals surface area (Å²) in [6, 6.07) is 21.2. The summed E-state index contributed by atoms with van der Waals surface area (Å²) in [5, 5.41) is 0. The number of ether oxygens (including phenoxy) is 3. The summed E-state index contributed by atoms with van der Waals surface area (Å²) >= 11 is 0. The van der Waals surface area contributed by atoms with Gasteiger partial charge in [0.15, 0.2) is 11.5 Å². The smallest absolute Gasteiger partial charge is 0.232 e. The van der Waals surface area contributed by atoms with E-state index in [2.05, 4.69) is 0 Å². The number of carbonyl (C=O) groups excluding carboxylic acids is 1. The summed E-state index contributed by atoms with van der Waals surface area (Å²) in [6.07, 6.45) is 0.303. The van der Waals surface area contributed by atoms with Gasteiger partial charge in [0.25, 0.3) is 0 Å². The molecule has 1 amide bonds. The van der Waals surface area contributed by atoms with Gasteiger partial charge in [-0.2, -0.15) is 0 Å². The topological polar surface area (TPSA) is 48.0 Å². The molecule has 0 aliphatic carbocycles. The number of para-hydroxylation sites is 1. The maximum atomic E-state index is 13.2. The Kier molecular flexibility index (Phi) is 5.12. The van der Waals surface area contributed by atoms with Crippen LogP contribution in [0.1, 0.15) is 22.7 Å². The summed E-state index contributed by atoms with van der Waals surface area (Å²) in [5.41, 5.74) is 3.83. The van der Waals surface area contributed by atoms with Crippen LogP contribution < -0.4 is 19.1 Å². The molecule has 3 aromatic rings. The Morgan fingerprint density at radius 2 is 1.48 bits per heavy atom. The third-order valence-electron chi connectivity index (χ3n) is 5.27.